The van der Waals surface area contributed by atoms with Crippen LogP contribution in [0, 0.1) is 0 Å². The standard InChI is InChI=1S/C19H19N3O5/c1-26-11-18(24)21-14-7-8-16-15(9-14)22(19(25)12-27-16)10-17(23)20-13-5-3-2-4-6-13/h2-9H,10-12H2,1H3,(H,20,23)(H,21,24). The lowest BCUT2D eigenvalue weighted by Crippen LogP contribution is -2.43. The highest BCUT2D eigenvalue weighted by Gasteiger charge is 2.27. The summed E-state index contributed by atoms with van der Waals surface area (Å²) in [6.45, 7) is -0.406. The van der Waals surface area contributed by atoms with E-state index in [0.717, 1.165) is 0 Å². The van der Waals surface area contributed by atoms with Crippen LogP contribution in [0.4, 0.5) is 17.1 Å². The van der Waals surface area contributed by atoms with Crippen molar-refractivity contribution in [3.05, 3.63) is 48.5 Å². The fourth-order valence-electron chi connectivity index (χ4n) is 2.65. The Hall–Kier alpha value is -3.39. The fraction of sp³-hybridized carbons (Fsp3) is 0.211. The van der Waals surface area contributed by atoms with Gasteiger partial charge in [-0.3, -0.25) is 19.3 Å². The Morgan fingerprint density at radius 3 is 2.56 bits per heavy atom. The highest BCUT2D eigenvalue weighted by Crippen LogP contribution is 2.34. The molecule has 1 aliphatic heterocycles. The molecule has 0 fully saturated rings. The molecule has 0 bridgehead atoms. The Kier molecular flexibility index (Phi) is 5.68. The van der Waals surface area contributed by atoms with Crippen molar-refractivity contribution >= 4 is 34.8 Å². The van der Waals surface area contributed by atoms with E-state index in [-0.39, 0.29) is 37.5 Å². The summed E-state index contributed by atoms with van der Waals surface area (Å²) in [4.78, 5) is 37.7. The number of nitrogens with one attached hydrogen (secondary N) is 2. The number of anilines is 3. The monoisotopic (exact) mass is 369 g/mol. The Morgan fingerprint density at radius 2 is 1.81 bits per heavy atom. The number of carbonyl (C=O) groups excluding carboxylic acids is 3. The van der Waals surface area contributed by atoms with Crippen molar-refractivity contribution in [2.45, 2.75) is 0 Å². The molecule has 3 rings (SSSR count). The average molecular weight is 369 g/mol. The van der Waals surface area contributed by atoms with Crippen LogP contribution in [-0.4, -0.2) is 44.6 Å². The Morgan fingerprint density at radius 1 is 1.07 bits per heavy atom. The molecule has 0 atom stereocenters. The highest BCUT2D eigenvalue weighted by atomic mass is 16.5. The molecule has 8 nitrogen and oxygen atoms in total. The van der Waals surface area contributed by atoms with Crippen LogP contribution in [0.1, 0.15) is 0 Å². The first kappa shape index (κ1) is 18.4. The average Bonchev–Trinajstić information content (AvgIpc) is 2.65. The normalized spacial score (nSPS) is 12.8. The second-order valence-electron chi connectivity index (χ2n) is 5.85. The summed E-state index contributed by atoms with van der Waals surface area (Å²) >= 11 is 0. The lowest BCUT2D eigenvalue weighted by molar-refractivity contribution is -0.123. The molecule has 0 saturated heterocycles. The summed E-state index contributed by atoms with van der Waals surface area (Å²) < 4.78 is 10.2. The van der Waals surface area contributed by atoms with Crippen molar-refractivity contribution in [2.75, 3.05) is 42.4 Å². The molecular weight excluding hydrogens is 350 g/mol. The van der Waals surface area contributed by atoms with Crippen molar-refractivity contribution in [2.24, 2.45) is 0 Å². The molecule has 27 heavy (non-hydrogen) atoms. The van der Waals surface area contributed by atoms with Gasteiger partial charge in [0.2, 0.25) is 11.8 Å². The number of carbonyl (C=O) groups is 3. The van der Waals surface area contributed by atoms with Crippen LogP contribution in [0.25, 0.3) is 0 Å². The van der Waals surface area contributed by atoms with E-state index in [9.17, 15) is 14.4 Å². The number of hydrogen-bond donors (Lipinski definition) is 2. The molecule has 0 aromatic heterocycles. The van der Waals surface area contributed by atoms with Gasteiger partial charge in [-0.25, -0.2) is 0 Å². The van der Waals surface area contributed by atoms with Gasteiger partial charge in [0.15, 0.2) is 6.61 Å². The van der Waals surface area contributed by atoms with Crippen molar-refractivity contribution in [1.82, 2.24) is 0 Å². The van der Waals surface area contributed by atoms with Gasteiger partial charge >= 0.3 is 0 Å². The van der Waals surface area contributed by atoms with E-state index in [1.165, 1.54) is 12.0 Å². The molecule has 1 heterocycles. The molecule has 2 aromatic rings. The zero-order valence-electron chi connectivity index (χ0n) is 14.7. The van der Waals surface area contributed by atoms with E-state index < -0.39 is 0 Å². The van der Waals surface area contributed by atoms with Crippen LogP contribution in [0.3, 0.4) is 0 Å². The first-order chi connectivity index (χ1) is 13.1. The van der Waals surface area contributed by atoms with Gasteiger partial charge in [0.05, 0.1) is 5.69 Å². The van der Waals surface area contributed by atoms with Crippen molar-refractivity contribution in [1.29, 1.82) is 0 Å². The molecule has 0 spiro atoms. The lowest BCUT2D eigenvalue weighted by atomic mass is 10.2. The number of fused-ring (bicyclic) bond motifs is 1. The molecule has 2 aromatic carbocycles. The third-order valence-corrected chi connectivity index (χ3v) is 3.82. The number of methoxy groups -OCH3 is 1. The summed E-state index contributed by atoms with van der Waals surface area (Å²) in [5.74, 6) is -0.539. The zero-order chi connectivity index (χ0) is 19.2. The second-order valence-corrected chi connectivity index (χ2v) is 5.85. The number of para-hydroxylation sites is 1. The van der Waals surface area contributed by atoms with Gasteiger partial charge in [-0.05, 0) is 30.3 Å². The summed E-state index contributed by atoms with van der Waals surface area (Å²) in [6.07, 6.45) is 0. The van der Waals surface area contributed by atoms with E-state index in [1.54, 1.807) is 42.5 Å². The predicted molar refractivity (Wildman–Crippen MR) is 99.9 cm³/mol. The third kappa shape index (κ3) is 4.62. The van der Waals surface area contributed by atoms with Gasteiger partial charge in [0, 0.05) is 18.5 Å². The molecule has 3 amide bonds. The van der Waals surface area contributed by atoms with Crippen molar-refractivity contribution < 1.29 is 23.9 Å². The molecule has 8 heteroatoms. The fourth-order valence-corrected chi connectivity index (χ4v) is 2.65. The van der Waals surface area contributed by atoms with Gasteiger partial charge in [-0.2, -0.15) is 0 Å². The predicted octanol–water partition coefficient (Wildman–Crippen LogP) is 1.64. The van der Waals surface area contributed by atoms with E-state index in [4.69, 9.17) is 9.47 Å². The number of rotatable bonds is 6. The van der Waals surface area contributed by atoms with Crippen LogP contribution in [0.5, 0.6) is 5.75 Å². The third-order valence-electron chi connectivity index (χ3n) is 3.82. The number of amides is 3. The minimum absolute atomic E-state index is 0.0876. The van der Waals surface area contributed by atoms with Crippen LogP contribution in [0.15, 0.2) is 48.5 Å². The molecule has 0 saturated carbocycles. The molecule has 140 valence electrons. The van der Waals surface area contributed by atoms with E-state index >= 15 is 0 Å². The van der Waals surface area contributed by atoms with Crippen molar-refractivity contribution in [3.8, 4) is 5.75 Å². The second kappa shape index (κ2) is 8.33. The lowest BCUT2D eigenvalue weighted by Gasteiger charge is -2.29. The van der Waals surface area contributed by atoms with Gasteiger partial charge in [0.25, 0.3) is 5.91 Å². The topological polar surface area (TPSA) is 97.0 Å². The molecule has 2 N–H and O–H groups in total. The number of nitrogens with zero attached hydrogens (tertiary/aromatic N) is 1. The largest absolute Gasteiger partial charge is 0.482 e. The Balaban J connectivity index is 1.77. The zero-order valence-corrected chi connectivity index (χ0v) is 14.7. The number of ether oxygens (including phenoxy) is 2. The maximum absolute atomic E-state index is 12.4. The summed E-state index contributed by atoms with van der Waals surface area (Å²) in [6, 6.07) is 13.9. The SMILES string of the molecule is COCC(=O)Nc1ccc2c(c1)N(CC(=O)Nc1ccccc1)C(=O)CO2. The van der Waals surface area contributed by atoms with Crippen LogP contribution in [0.2, 0.25) is 0 Å². The maximum atomic E-state index is 12.4. The van der Waals surface area contributed by atoms with E-state index in [2.05, 4.69) is 10.6 Å². The molecule has 0 radical (unpaired) electrons. The van der Waals surface area contributed by atoms with Crippen LogP contribution < -0.4 is 20.3 Å². The molecule has 1 aliphatic rings. The van der Waals surface area contributed by atoms with E-state index in [0.29, 0.717) is 22.8 Å². The van der Waals surface area contributed by atoms with Crippen LogP contribution >= 0.6 is 0 Å². The van der Waals surface area contributed by atoms with Crippen LogP contribution in [-0.2, 0) is 19.1 Å². The Bertz CT molecular complexity index is 854. The first-order valence-corrected chi connectivity index (χ1v) is 8.27. The summed E-state index contributed by atoms with van der Waals surface area (Å²) in [5.41, 5.74) is 1.54. The smallest absolute Gasteiger partial charge is 0.265 e. The van der Waals surface area contributed by atoms with E-state index in [1.807, 2.05) is 6.07 Å². The maximum Gasteiger partial charge on any atom is 0.265 e. The first-order valence-electron chi connectivity index (χ1n) is 8.27. The minimum atomic E-state index is -0.342. The Labute approximate surface area is 156 Å². The molecule has 0 aliphatic carbocycles. The summed E-state index contributed by atoms with van der Waals surface area (Å²) in [5, 5.41) is 5.41. The van der Waals surface area contributed by atoms with Crippen molar-refractivity contribution in [3.63, 3.8) is 0 Å². The molecule has 0 unspecified atom stereocenters. The quantitative estimate of drug-likeness (QED) is 0.807. The van der Waals surface area contributed by atoms with Gasteiger partial charge in [-0.1, -0.05) is 18.2 Å². The van der Waals surface area contributed by atoms with Gasteiger partial charge in [-0.15, -0.1) is 0 Å². The van der Waals surface area contributed by atoms with Gasteiger partial charge in [0.1, 0.15) is 18.9 Å². The summed E-state index contributed by atoms with van der Waals surface area (Å²) in [7, 11) is 1.42. The minimum Gasteiger partial charge on any atom is -0.482 e. The van der Waals surface area contributed by atoms with Gasteiger partial charge < -0.3 is 20.1 Å². The number of benzene rings is 2. The molecular formula is C19H19N3O5. The number of hydrogen-bond acceptors (Lipinski definition) is 5. The highest BCUT2D eigenvalue weighted by molar-refractivity contribution is 6.05.